The van der Waals surface area contributed by atoms with Crippen LogP contribution in [-0.2, 0) is 9.53 Å². The van der Waals surface area contributed by atoms with E-state index >= 15 is 0 Å². The number of hydrogen-bond donors (Lipinski definition) is 1. The highest BCUT2D eigenvalue weighted by Gasteiger charge is 2.35. The van der Waals surface area contributed by atoms with Crippen molar-refractivity contribution in [1.82, 2.24) is 9.88 Å². The number of amides is 3. The highest BCUT2D eigenvalue weighted by atomic mass is 35.5. The summed E-state index contributed by atoms with van der Waals surface area (Å²) in [5, 5.41) is 3.07. The largest absolute Gasteiger partial charge is 0.462 e. The van der Waals surface area contributed by atoms with E-state index in [9.17, 15) is 14.4 Å². The summed E-state index contributed by atoms with van der Waals surface area (Å²) in [6.07, 6.45) is 1.65. The van der Waals surface area contributed by atoms with Crippen molar-refractivity contribution >= 4 is 41.3 Å². The number of carbonyl (C=O) groups excluding carboxylic acids is 3. The first-order chi connectivity index (χ1) is 15.8. The molecule has 3 aromatic rings. The molecule has 0 spiro atoms. The number of nitrogens with zero attached hydrogens (tertiary/aromatic N) is 2. The van der Waals surface area contributed by atoms with Gasteiger partial charge >= 0.3 is 12.0 Å². The smallest absolute Gasteiger partial charge is 0.338 e. The minimum Gasteiger partial charge on any atom is -0.462 e. The van der Waals surface area contributed by atoms with Crippen LogP contribution < -0.4 is 10.2 Å². The summed E-state index contributed by atoms with van der Waals surface area (Å²) in [6, 6.07) is 15.1. The van der Waals surface area contributed by atoms with Gasteiger partial charge in [0.25, 0.3) is 5.91 Å². The Balaban J connectivity index is 1.68. The van der Waals surface area contributed by atoms with Crippen molar-refractivity contribution in [3.8, 4) is 5.69 Å². The lowest BCUT2D eigenvalue weighted by Crippen LogP contribution is -2.30. The molecule has 0 atom stereocenters. The molecule has 0 bridgehead atoms. The lowest BCUT2D eigenvalue weighted by atomic mass is 10.2. The fourth-order valence-corrected chi connectivity index (χ4v) is 4.04. The first-order valence-electron chi connectivity index (χ1n) is 10.4. The number of anilines is 1. The average molecular weight is 464 g/mol. The summed E-state index contributed by atoms with van der Waals surface area (Å²) in [4.78, 5) is 38.6. The van der Waals surface area contributed by atoms with Crippen LogP contribution in [0.3, 0.4) is 0 Å². The van der Waals surface area contributed by atoms with Gasteiger partial charge in [-0.25, -0.2) is 14.5 Å². The van der Waals surface area contributed by atoms with E-state index in [1.165, 1.54) is 0 Å². The second-order valence-corrected chi connectivity index (χ2v) is 7.98. The van der Waals surface area contributed by atoms with Crippen molar-refractivity contribution in [3.63, 3.8) is 0 Å². The molecule has 2 aromatic carbocycles. The van der Waals surface area contributed by atoms with Gasteiger partial charge < -0.3 is 14.6 Å². The summed E-state index contributed by atoms with van der Waals surface area (Å²) in [5.41, 5.74) is 4.34. The van der Waals surface area contributed by atoms with E-state index in [1.54, 1.807) is 55.5 Å². The van der Waals surface area contributed by atoms with Gasteiger partial charge in [-0.15, -0.1) is 0 Å². The van der Waals surface area contributed by atoms with Crippen LogP contribution in [0.4, 0.5) is 10.5 Å². The fourth-order valence-electron chi connectivity index (χ4n) is 3.86. The minimum atomic E-state index is -0.538. The second kappa shape index (κ2) is 8.96. The van der Waals surface area contributed by atoms with E-state index in [0.29, 0.717) is 22.9 Å². The molecule has 0 aliphatic carbocycles. The van der Waals surface area contributed by atoms with E-state index in [4.69, 9.17) is 16.3 Å². The summed E-state index contributed by atoms with van der Waals surface area (Å²) in [6.45, 7) is 5.90. The third kappa shape index (κ3) is 4.27. The van der Waals surface area contributed by atoms with Crippen molar-refractivity contribution in [2.24, 2.45) is 0 Å². The van der Waals surface area contributed by atoms with E-state index in [1.807, 2.05) is 30.5 Å². The zero-order valence-corrected chi connectivity index (χ0v) is 19.1. The quantitative estimate of drug-likeness (QED) is 0.327. The summed E-state index contributed by atoms with van der Waals surface area (Å²) in [7, 11) is 0. The molecule has 0 saturated carbocycles. The van der Waals surface area contributed by atoms with Crippen molar-refractivity contribution in [3.05, 3.63) is 87.8 Å². The predicted octanol–water partition coefficient (Wildman–Crippen LogP) is 5.02. The van der Waals surface area contributed by atoms with Gasteiger partial charge in [0.05, 0.1) is 17.9 Å². The molecule has 2 heterocycles. The Kier molecular flexibility index (Phi) is 6.07. The molecule has 3 amide bonds. The molecule has 1 aromatic heterocycles. The van der Waals surface area contributed by atoms with E-state index < -0.39 is 11.9 Å². The summed E-state index contributed by atoms with van der Waals surface area (Å²) in [5.74, 6) is -0.846. The number of rotatable bonds is 5. The van der Waals surface area contributed by atoms with Crippen LogP contribution in [0.25, 0.3) is 11.8 Å². The molecule has 168 valence electrons. The highest BCUT2D eigenvalue weighted by molar-refractivity contribution is 6.32. The van der Waals surface area contributed by atoms with E-state index in [0.717, 1.165) is 27.5 Å². The van der Waals surface area contributed by atoms with Crippen molar-refractivity contribution in [1.29, 1.82) is 0 Å². The number of urea groups is 1. The summed E-state index contributed by atoms with van der Waals surface area (Å²) < 4.78 is 7.08. The van der Waals surface area contributed by atoms with Gasteiger partial charge in [-0.05, 0) is 74.9 Å². The number of esters is 1. The Morgan fingerprint density at radius 2 is 1.79 bits per heavy atom. The van der Waals surface area contributed by atoms with Crippen LogP contribution in [0.15, 0.2) is 60.3 Å². The van der Waals surface area contributed by atoms with Crippen molar-refractivity contribution in [2.75, 3.05) is 11.5 Å². The molecule has 1 aliphatic rings. The van der Waals surface area contributed by atoms with Crippen LogP contribution in [0.2, 0.25) is 5.02 Å². The number of aromatic nitrogens is 1. The van der Waals surface area contributed by atoms with Crippen LogP contribution in [0.1, 0.15) is 34.2 Å². The molecule has 1 saturated heterocycles. The van der Waals surface area contributed by atoms with Gasteiger partial charge in [0, 0.05) is 22.1 Å². The molecule has 7 nitrogen and oxygen atoms in total. The number of ether oxygens (including phenoxy) is 1. The lowest BCUT2D eigenvalue weighted by molar-refractivity contribution is -0.113. The van der Waals surface area contributed by atoms with Gasteiger partial charge in [-0.3, -0.25) is 4.79 Å². The zero-order chi connectivity index (χ0) is 23.7. The SMILES string of the molecule is CCOC(=O)c1cccc(-n2c(C)cc(/C=C3/NC(=O)N(c4cccc(Cl)c4)C3=O)c2C)c1. The first-order valence-corrected chi connectivity index (χ1v) is 10.8. The molecular weight excluding hydrogens is 442 g/mol. The number of imide groups is 1. The molecule has 8 heteroatoms. The Bertz CT molecular complexity index is 1310. The van der Waals surface area contributed by atoms with Gasteiger partial charge in [0.15, 0.2) is 0 Å². The molecule has 0 radical (unpaired) electrons. The number of halogens is 1. The van der Waals surface area contributed by atoms with Crippen LogP contribution in [-0.4, -0.2) is 29.1 Å². The maximum absolute atomic E-state index is 13.0. The molecule has 1 fully saturated rings. The first kappa shape index (κ1) is 22.4. The number of hydrogen-bond acceptors (Lipinski definition) is 4. The van der Waals surface area contributed by atoms with Gasteiger partial charge in [-0.1, -0.05) is 23.7 Å². The second-order valence-electron chi connectivity index (χ2n) is 7.54. The van der Waals surface area contributed by atoms with E-state index in [2.05, 4.69) is 5.32 Å². The molecule has 33 heavy (non-hydrogen) atoms. The van der Waals surface area contributed by atoms with Crippen molar-refractivity contribution < 1.29 is 19.1 Å². The standard InChI is InChI=1S/C25H22ClN3O4/c1-4-33-24(31)17-7-5-9-20(12-17)28-15(2)11-18(16(28)3)13-22-23(30)29(25(32)27-22)21-10-6-8-19(26)14-21/h5-14H,4H2,1-3H3,(H,27,32)/b22-13+. The van der Waals surface area contributed by atoms with Crippen LogP contribution in [0.5, 0.6) is 0 Å². The van der Waals surface area contributed by atoms with Gasteiger partial charge in [0.1, 0.15) is 5.70 Å². The van der Waals surface area contributed by atoms with Gasteiger partial charge in [0.2, 0.25) is 0 Å². The number of aryl methyl sites for hydroxylation is 1. The molecule has 1 N–H and O–H groups in total. The third-order valence-electron chi connectivity index (χ3n) is 5.33. The highest BCUT2D eigenvalue weighted by Crippen LogP contribution is 2.27. The molecule has 0 unspecified atom stereocenters. The Morgan fingerprint density at radius 1 is 1.06 bits per heavy atom. The Labute approximate surface area is 196 Å². The van der Waals surface area contributed by atoms with E-state index in [-0.39, 0.29) is 11.7 Å². The minimum absolute atomic E-state index is 0.167. The Morgan fingerprint density at radius 3 is 2.52 bits per heavy atom. The fraction of sp³-hybridized carbons (Fsp3) is 0.160. The molecule has 4 rings (SSSR count). The predicted molar refractivity (Wildman–Crippen MR) is 127 cm³/mol. The average Bonchev–Trinajstić information content (AvgIpc) is 3.22. The summed E-state index contributed by atoms with van der Waals surface area (Å²) >= 11 is 6.02. The van der Waals surface area contributed by atoms with Gasteiger partial charge in [-0.2, -0.15) is 0 Å². The van der Waals surface area contributed by atoms with Crippen LogP contribution >= 0.6 is 11.6 Å². The zero-order valence-electron chi connectivity index (χ0n) is 18.4. The molecule has 1 aliphatic heterocycles. The number of nitrogens with one attached hydrogen (secondary N) is 1. The molecular formula is C25H22ClN3O4. The maximum Gasteiger partial charge on any atom is 0.338 e. The maximum atomic E-state index is 13.0. The monoisotopic (exact) mass is 463 g/mol. The topological polar surface area (TPSA) is 80.6 Å². The third-order valence-corrected chi connectivity index (χ3v) is 5.57. The van der Waals surface area contributed by atoms with Crippen LogP contribution in [0, 0.1) is 13.8 Å². The lowest BCUT2D eigenvalue weighted by Gasteiger charge is -2.12. The normalized spacial score (nSPS) is 14.7. The number of carbonyl (C=O) groups is 3. The number of benzene rings is 2. The van der Waals surface area contributed by atoms with Crippen molar-refractivity contribution in [2.45, 2.75) is 20.8 Å². The Hall–Kier alpha value is -3.84.